The number of aromatic nitrogens is 2. The highest BCUT2D eigenvalue weighted by atomic mass is 16.2. The summed E-state index contributed by atoms with van der Waals surface area (Å²) in [5.41, 5.74) is 8.14. The van der Waals surface area contributed by atoms with E-state index < -0.39 is 0 Å². The van der Waals surface area contributed by atoms with Crippen molar-refractivity contribution in [1.29, 1.82) is 0 Å². The van der Waals surface area contributed by atoms with Gasteiger partial charge in [-0.25, -0.2) is 4.68 Å². The minimum atomic E-state index is -0.230. The highest BCUT2D eigenvalue weighted by Gasteiger charge is 2.38. The van der Waals surface area contributed by atoms with Crippen LogP contribution in [-0.4, -0.2) is 83.8 Å². The van der Waals surface area contributed by atoms with Gasteiger partial charge in [-0.15, -0.1) is 0 Å². The number of nitrogens with zero attached hydrogens (tertiary/aromatic N) is 5. The summed E-state index contributed by atoms with van der Waals surface area (Å²) in [4.78, 5) is 44.0. The molecule has 3 aromatic rings. The van der Waals surface area contributed by atoms with Crippen molar-refractivity contribution in [2.45, 2.75) is 83.2 Å². The van der Waals surface area contributed by atoms with E-state index in [9.17, 15) is 14.4 Å². The van der Waals surface area contributed by atoms with Crippen molar-refractivity contribution in [3.8, 4) is 0 Å². The Morgan fingerprint density at radius 2 is 1.66 bits per heavy atom. The maximum atomic E-state index is 12.4. The first-order valence-corrected chi connectivity index (χ1v) is 18.5. The Morgan fingerprint density at radius 3 is 2.36 bits per heavy atom. The zero-order valence-corrected chi connectivity index (χ0v) is 30.2. The average Bonchev–Trinajstić information content (AvgIpc) is 3.10. The van der Waals surface area contributed by atoms with E-state index in [-0.39, 0.29) is 32.2 Å². The smallest absolute Gasteiger partial charge is 0.271 e. The number of likely N-dealkylation sites (tertiary alicyclic amines) is 2. The van der Waals surface area contributed by atoms with E-state index in [0.717, 1.165) is 74.6 Å². The van der Waals surface area contributed by atoms with Crippen LogP contribution < -0.4 is 21.1 Å². The quantitative estimate of drug-likeness (QED) is 0.328. The van der Waals surface area contributed by atoms with E-state index in [1.807, 2.05) is 6.92 Å². The fraction of sp³-hybridized carbons (Fsp3) is 0.550. The number of aryl methyl sites for hydroxylation is 2. The normalized spacial score (nSPS) is 24.7. The van der Waals surface area contributed by atoms with E-state index >= 15 is 0 Å². The molecule has 4 aliphatic heterocycles. The Balaban J connectivity index is 0.00000261. The minimum absolute atomic E-state index is 0. The van der Waals surface area contributed by atoms with Gasteiger partial charge in [-0.05, 0) is 118 Å². The SMILES string of the molecule is Cc1cc(N2CCC3(CCN(Cc4ccc([C@@H]5C[C@H](Nc6cnn(C)c(=O)c6C)CN(C)C5)cc4)CC3)CC2)ccc1C1CCC(=O)NC1=O.[HH].[HH]. The summed E-state index contributed by atoms with van der Waals surface area (Å²) in [5.74, 6) is -0.120. The molecular formula is C40H57N7O3. The zero-order chi connectivity index (χ0) is 35.0. The molecule has 4 fully saturated rings. The minimum Gasteiger partial charge on any atom is -0.379 e. The third-order valence-electron chi connectivity index (χ3n) is 12.2. The maximum Gasteiger partial charge on any atom is 0.271 e. The lowest BCUT2D eigenvalue weighted by molar-refractivity contribution is -0.134. The first kappa shape index (κ1) is 34.4. The molecule has 2 N–H and O–H groups in total. The summed E-state index contributed by atoms with van der Waals surface area (Å²) in [7, 11) is 3.87. The molecule has 1 aromatic heterocycles. The molecular weight excluding hydrogens is 626 g/mol. The van der Waals surface area contributed by atoms with Crippen molar-refractivity contribution < 1.29 is 12.4 Å². The van der Waals surface area contributed by atoms with E-state index in [2.05, 4.69) is 86.9 Å². The molecule has 3 atom stereocenters. The predicted octanol–water partition coefficient (Wildman–Crippen LogP) is 5.19. The van der Waals surface area contributed by atoms with Crippen molar-refractivity contribution in [2.24, 2.45) is 12.5 Å². The van der Waals surface area contributed by atoms with Crippen molar-refractivity contribution in [3.63, 3.8) is 0 Å². The largest absolute Gasteiger partial charge is 0.379 e. The lowest BCUT2D eigenvalue weighted by Gasteiger charge is -2.47. The van der Waals surface area contributed by atoms with Crippen LogP contribution in [0.1, 0.15) is 87.5 Å². The third kappa shape index (κ3) is 7.37. The molecule has 4 aliphatic rings. The fourth-order valence-electron chi connectivity index (χ4n) is 9.00. The molecule has 0 saturated carbocycles. The van der Waals surface area contributed by atoms with Gasteiger partial charge in [0.05, 0.1) is 17.8 Å². The monoisotopic (exact) mass is 683 g/mol. The second-order valence-electron chi connectivity index (χ2n) is 15.7. The van der Waals surface area contributed by atoms with Crippen LogP contribution in [0.2, 0.25) is 0 Å². The van der Waals surface area contributed by atoms with Crippen molar-refractivity contribution >= 4 is 23.2 Å². The van der Waals surface area contributed by atoms with Gasteiger partial charge in [0.25, 0.3) is 5.56 Å². The van der Waals surface area contributed by atoms with E-state index in [1.165, 1.54) is 47.2 Å². The lowest BCUT2D eigenvalue weighted by Crippen LogP contribution is -2.46. The number of nitrogens with one attached hydrogen (secondary N) is 2. The predicted molar refractivity (Wildman–Crippen MR) is 202 cm³/mol. The van der Waals surface area contributed by atoms with Crippen LogP contribution in [0.4, 0.5) is 11.4 Å². The van der Waals surface area contributed by atoms with Crippen molar-refractivity contribution in [3.05, 3.63) is 86.8 Å². The summed E-state index contributed by atoms with van der Waals surface area (Å²) in [5, 5.41) is 10.3. The van der Waals surface area contributed by atoms with Gasteiger partial charge in [0.15, 0.2) is 0 Å². The number of hydrogen-bond acceptors (Lipinski definition) is 8. The van der Waals surface area contributed by atoms with E-state index in [4.69, 9.17) is 0 Å². The van der Waals surface area contributed by atoms with Crippen LogP contribution in [0.15, 0.2) is 53.5 Å². The number of amides is 2. The molecule has 4 saturated heterocycles. The van der Waals surface area contributed by atoms with Crippen LogP contribution >= 0.6 is 0 Å². The van der Waals surface area contributed by atoms with Gasteiger partial charge in [0.2, 0.25) is 11.8 Å². The average molecular weight is 684 g/mol. The number of imide groups is 1. The van der Waals surface area contributed by atoms with Gasteiger partial charge in [-0.2, -0.15) is 5.10 Å². The first-order chi connectivity index (χ1) is 24.1. The number of benzene rings is 2. The summed E-state index contributed by atoms with van der Waals surface area (Å²) in [6, 6.07) is 16.1. The molecule has 0 aliphatic carbocycles. The summed E-state index contributed by atoms with van der Waals surface area (Å²) >= 11 is 0. The second kappa shape index (κ2) is 14.3. The lowest BCUT2D eigenvalue weighted by atomic mass is 9.71. The van der Waals surface area contributed by atoms with Gasteiger partial charge in [-0.1, -0.05) is 30.3 Å². The molecule has 0 radical (unpaired) electrons. The maximum absolute atomic E-state index is 12.4. The van der Waals surface area contributed by atoms with Crippen molar-refractivity contribution in [2.75, 3.05) is 56.5 Å². The number of likely N-dealkylation sites (N-methyl/N-ethyl adjacent to an activating group) is 1. The molecule has 1 spiro atoms. The molecule has 1 unspecified atom stereocenters. The van der Waals surface area contributed by atoms with E-state index in [0.29, 0.717) is 24.2 Å². The summed E-state index contributed by atoms with van der Waals surface area (Å²) in [6.45, 7) is 11.4. The Kier molecular flexibility index (Phi) is 9.85. The van der Waals surface area contributed by atoms with Crippen LogP contribution in [0, 0.1) is 19.3 Å². The molecule has 0 bridgehead atoms. The first-order valence-electron chi connectivity index (χ1n) is 18.5. The number of rotatable bonds is 7. The van der Waals surface area contributed by atoms with Gasteiger partial charge < -0.3 is 15.1 Å². The number of anilines is 2. The third-order valence-corrected chi connectivity index (χ3v) is 12.2. The topological polar surface area (TPSA) is 103 Å². The zero-order valence-electron chi connectivity index (χ0n) is 30.2. The van der Waals surface area contributed by atoms with Gasteiger partial charge in [-0.3, -0.25) is 24.6 Å². The Labute approximate surface area is 299 Å². The Hall–Kier alpha value is -4.02. The molecule has 10 heteroatoms. The molecule has 2 aromatic carbocycles. The fourth-order valence-corrected chi connectivity index (χ4v) is 9.00. The molecule has 270 valence electrons. The number of hydrogen-bond donors (Lipinski definition) is 2. The van der Waals surface area contributed by atoms with Gasteiger partial charge in [0, 0.05) is 66.3 Å². The number of carbonyl (C=O) groups excluding carboxylic acids is 2. The van der Waals surface area contributed by atoms with Gasteiger partial charge in [0.1, 0.15) is 0 Å². The number of piperidine rings is 4. The summed E-state index contributed by atoms with van der Waals surface area (Å²) in [6.07, 6.45) is 8.78. The van der Waals surface area contributed by atoms with Gasteiger partial charge >= 0.3 is 0 Å². The molecule has 5 heterocycles. The second-order valence-corrected chi connectivity index (χ2v) is 15.7. The summed E-state index contributed by atoms with van der Waals surface area (Å²) < 4.78 is 1.39. The Bertz CT molecular complexity index is 1780. The molecule has 10 nitrogen and oxygen atoms in total. The Morgan fingerprint density at radius 1 is 0.940 bits per heavy atom. The highest BCUT2D eigenvalue weighted by Crippen LogP contribution is 2.43. The van der Waals surface area contributed by atoms with Crippen LogP contribution in [0.3, 0.4) is 0 Å². The highest BCUT2D eigenvalue weighted by molar-refractivity contribution is 6.01. The van der Waals surface area contributed by atoms with Crippen molar-refractivity contribution in [1.82, 2.24) is 24.9 Å². The molecule has 7 rings (SSSR count). The van der Waals surface area contributed by atoms with Crippen LogP contribution in [0.25, 0.3) is 0 Å². The standard InChI is InChI=1S/C40H53N7O3.2H2/c1-27-21-33(9-10-34(27)35-11-12-37(48)43-38(35)49)47-19-15-40(16-20-47)13-17-46(18-14-40)24-29-5-7-30(8-6-29)31-22-32(26-44(3)25-31)42-36-23-41-45(4)39(50)28(36)2;;/h5-10,21,23,31-32,35,42H,11-20,22,24-26H2,1-4H3,(H,43,48,49);2*1H/t31-,32+,35?;;/m1../s1. The van der Waals surface area contributed by atoms with Crippen LogP contribution in [0.5, 0.6) is 0 Å². The molecule has 50 heavy (non-hydrogen) atoms. The number of carbonyl (C=O) groups is 2. The molecule has 2 amide bonds. The van der Waals surface area contributed by atoms with E-state index in [1.54, 1.807) is 13.2 Å². The van der Waals surface area contributed by atoms with Crippen LogP contribution in [-0.2, 0) is 23.2 Å².